The number of aromatic amines is 1. The van der Waals surface area contributed by atoms with Gasteiger partial charge in [-0.3, -0.25) is 4.79 Å². The van der Waals surface area contributed by atoms with Gasteiger partial charge in [0.05, 0.1) is 13.4 Å². The number of nitrogens with zero attached hydrogens (tertiary/aromatic N) is 2. The quantitative estimate of drug-likeness (QED) is 0.761. The van der Waals surface area contributed by atoms with Crippen molar-refractivity contribution in [2.24, 2.45) is 7.05 Å². The maximum Gasteiger partial charge on any atom is 0.276 e. The average molecular weight is 255 g/mol. The van der Waals surface area contributed by atoms with Crippen LogP contribution in [0.1, 0.15) is 0 Å². The summed E-state index contributed by atoms with van der Waals surface area (Å²) in [5.41, 5.74) is 3.04. The highest BCUT2D eigenvalue weighted by Crippen LogP contribution is 2.26. The zero-order chi connectivity index (χ0) is 13.4. The van der Waals surface area contributed by atoms with E-state index < -0.39 is 0 Å². The van der Waals surface area contributed by atoms with Crippen LogP contribution in [0.15, 0.2) is 41.6 Å². The van der Waals surface area contributed by atoms with Crippen LogP contribution in [0.3, 0.4) is 0 Å². The molecule has 1 aromatic carbocycles. The minimum absolute atomic E-state index is 0.0789. The number of aryl methyl sites for hydroxylation is 1. The second-order valence-corrected chi connectivity index (χ2v) is 4.31. The van der Waals surface area contributed by atoms with Gasteiger partial charge in [0.15, 0.2) is 0 Å². The molecule has 0 bridgehead atoms. The molecule has 0 unspecified atom stereocenters. The standard InChI is InChI=1S/C14H13N3O2/c1-17-7-11(9-3-5-10(19-2)6-4-9)12-13(14(17)18)16-8-15-12/h3-8H,1-2H3,(H,15,16). The van der Waals surface area contributed by atoms with Crippen molar-refractivity contribution in [1.29, 1.82) is 0 Å². The van der Waals surface area contributed by atoms with Crippen molar-refractivity contribution in [1.82, 2.24) is 14.5 Å². The number of benzene rings is 1. The summed E-state index contributed by atoms with van der Waals surface area (Å²) >= 11 is 0. The largest absolute Gasteiger partial charge is 0.497 e. The van der Waals surface area contributed by atoms with Crippen LogP contribution in [-0.2, 0) is 7.05 Å². The molecule has 0 saturated carbocycles. The first-order chi connectivity index (χ1) is 9.20. The Labute approximate surface area is 109 Å². The minimum atomic E-state index is -0.0789. The zero-order valence-electron chi connectivity index (χ0n) is 10.7. The highest BCUT2D eigenvalue weighted by atomic mass is 16.5. The maximum atomic E-state index is 11.9. The third kappa shape index (κ3) is 1.79. The van der Waals surface area contributed by atoms with Gasteiger partial charge in [0.25, 0.3) is 5.56 Å². The van der Waals surface area contributed by atoms with Gasteiger partial charge in [-0.1, -0.05) is 12.1 Å². The van der Waals surface area contributed by atoms with E-state index in [0.717, 1.165) is 16.9 Å². The predicted octanol–water partition coefficient (Wildman–Crippen LogP) is 1.94. The summed E-state index contributed by atoms with van der Waals surface area (Å²) in [7, 11) is 3.36. The van der Waals surface area contributed by atoms with Crippen LogP contribution in [0.5, 0.6) is 5.75 Å². The SMILES string of the molecule is COc1ccc(-c2cn(C)c(=O)c3[nH]cnc23)cc1. The van der Waals surface area contributed by atoms with Crippen molar-refractivity contribution in [2.45, 2.75) is 0 Å². The lowest BCUT2D eigenvalue weighted by molar-refractivity contribution is 0.415. The first kappa shape index (κ1) is 11.5. The number of aromatic nitrogens is 3. The number of imidazole rings is 1. The molecule has 0 aliphatic carbocycles. The number of nitrogens with one attached hydrogen (secondary N) is 1. The number of hydrogen-bond donors (Lipinski definition) is 1. The molecular weight excluding hydrogens is 242 g/mol. The third-order valence-electron chi connectivity index (χ3n) is 3.15. The van der Waals surface area contributed by atoms with Gasteiger partial charge in [0.2, 0.25) is 0 Å². The fourth-order valence-corrected chi connectivity index (χ4v) is 2.13. The number of hydrogen-bond acceptors (Lipinski definition) is 3. The second kappa shape index (κ2) is 4.28. The molecule has 5 heteroatoms. The van der Waals surface area contributed by atoms with E-state index >= 15 is 0 Å². The number of rotatable bonds is 2. The van der Waals surface area contributed by atoms with Crippen molar-refractivity contribution in [2.75, 3.05) is 7.11 Å². The molecule has 3 rings (SSSR count). The summed E-state index contributed by atoms with van der Waals surface area (Å²) in [6.07, 6.45) is 3.34. The van der Waals surface area contributed by atoms with Crippen LogP contribution < -0.4 is 10.3 Å². The van der Waals surface area contributed by atoms with E-state index in [1.54, 1.807) is 31.2 Å². The first-order valence-corrected chi connectivity index (χ1v) is 5.88. The van der Waals surface area contributed by atoms with Crippen molar-refractivity contribution >= 4 is 11.0 Å². The van der Waals surface area contributed by atoms with Crippen molar-refractivity contribution < 1.29 is 4.74 Å². The maximum absolute atomic E-state index is 11.9. The summed E-state index contributed by atoms with van der Waals surface area (Å²) in [5, 5.41) is 0. The Morgan fingerprint density at radius 1 is 1.26 bits per heavy atom. The van der Waals surface area contributed by atoms with Crippen molar-refractivity contribution in [3.63, 3.8) is 0 Å². The molecule has 5 nitrogen and oxygen atoms in total. The summed E-state index contributed by atoms with van der Waals surface area (Å²) < 4.78 is 6.70. The van der Waals surface area contributed by atoms with Crippen LogP contribution in [0.4, 0.5) is 0 Å². The Kier molecular flexibility index (Phi) is 2.59. The summed E-state index contributed by atoms with van der Waals surface area (Å²) in [6.45, 7) is 0. The Bertz CT molecular complexity index is 785. The Morgan fingerprint density at radius 3 is 2.68 bits per heavy atom. The molecule has 96 valence electrons. The molecule has 0 saturated heterocycles. The molecule has 0 amide bonds. The van der Waals surface area contributed by atoms with Crippen LogP contribution in [-0.4, -0.2) is 21.6 Å². The number of ether oxygens (including phenoxy) is 1. The number of methoxy groups -OCH3 is 1. The molecule has 3 aromatic rings. The molecular formula is C14H13N3O2. The summed E-state index contributed by atoms with van der Waals surface area (Å²) in [5.74, 6) is 0.798. The molecule has 19 heavy (non-hydrogen) atoms. The van der Waals surface area contributed by atoms with E-state index in [1.807, 2.05) is 24.3 Å². The predicted molar refractivity (Wildman–Crippen MR) is 73.3 cm³/mol. The van der Waals surface area contributed by atoms with Crippen molar-refractivity contribution in [3.8, 4) is 16.9 Å². The van der Waals surface area contributed by atoms with Crippen LogP contribution >= 0.6 is 0 Å². The highest BCUT2D eigenvalue weighted by Gasteiger charge is 2.11. The highest BCUT2D eigenvalue weighted by molar-refractivity contribution is 5.90. The monoisotopic (exact) mass is 255 g/mol. The van der Waals surface area contributed by atoms with Crippen LogP contribution in [0.25, 0.3) is 22.2 Å². The van der Waals surface area contributed by atoms with E-state index in [4.69, 9.17) is 4.74 Å². The topological polar surface area (TPSA) is 59.9 Å². The summed E-state index contributed by atoms with van der Waals surface area (Å²) in [6, 6.07) is 7.68. The minimum Gasteiger partial charge on any atom is -0.497 e. The van der Waals surface area contributed by atoms with Crippen molar-refractivity contribution in [3.05, 3.63) is 47.1 Å². The number of fused-ring (bicyclic) bond motifs is 1. The molecule has 0 aliphatic heterocycles. The van der Waals surface area contributed by atoms with E-state index in [-0.39, 0.29) is 5.56 Å². The number of H-pyrrole nitrogens is 1. The fourth-order valence-electron chi connectivity index (χ4n) is 2.13. The van der Waals surface area contributed by atoms with Gasteiger partial charge in [-0.15, -0.1) is 0 Å². The second-order valence-electron chi connectivity index (χ2n) is 4.31. The smallest absolute Gasteiger partial charge is 0.276 e. The lowest BCUT2D eigenvalue weighted by Gasteiger charge is -2.06. The molecule has 0 radical (unpaired) electrons. The van der Waals surface area contributed by atoms with Gasteiger partial charge < -0.3 is 14.3 Å². The number of pyridine rings is 1. The molecule has 2 aromatic heterocycles. The van der Waals surface area contributed by atoms with Crippen LogP contribution in [0.2, 0.25) is 0 Å². The Balaban J connectivity index is 2.26. The lowest BCUT2D eigenvalue weighted by atomic mass is 10.1. The van der Waals surface area contributed by atoms with Crippen LogP contribution in [0, 0.1) is 0 Å². The van der Waals surface area contributed by atoms with Gasteiger partial charge in [-0.2, -0.15) is 0 Å². The normalized spacial score (nSPS) is 10.8. The van der Waals surface area contributed by atoms with E-state index in [9.17, 15) is 4.79 Å². The molecule has 0 fully saturated rings. The summed E-state index contributed by atoms with van der Waals surface area (Å²) in [4.78, 5) is 19.1. The molecule has 0 aliphatic rings. The first-order valence-electron chi connectivity index (χ1n) is 5.88. The molecule has 2 heterocycles. The zero-order valence-corrected chi connectivity index (χ0v) is 10.7. The molecule has 1 N–H and O–H groups in total. The van der Waals surface area contributed by atoms with Gasteiger partial charge in [0.1, 0.15) is 16.8 Å². The Morgan fingerprint density at radius 2 is 2.00 bits per heavy atom. The Hall–Kier alpha value is -2.56. The van der Waals surface area contributed by atoms with E-state index in [0.29, 0.717) is 11.0 Å². The van der Waals surface area contributed by atoms with Gasteiger partial charge >= 0.3 is 0 Å². The lowest BCUT2D eigenvalue weighted by Crippen LogP contribution is -2.16. The van der Waals surface area contributed by atoms with E-state index in [2.05, 4.69) is 9.97 Å². The molecule has 0 atom stereocenters. The fraction of sp³-hybridized carbons (Fsp3) is 0.143. The third-order valence-corrected chi connectivity index (χ3v) is 3.15. The van der Waals surface area contributed by atoms with Gasteiger partial charge in [0, 0.05) is 18.8 Å². The van der Waals surface area contributed by atoms with Gasteiger partial charge in [-0.25, -0.2) is 4.98 Å². The molecule has 0 spiro atoms. The van der Waals surface area contributed by atoms with E-state index in [1.165, 1.54) is 0 Å². The van der Waals surface area contributed by atoms with Gasteiger partial charge in [-0.05, 0) is 17.7 Å². The average Bonchev–Trinajstić information content (AvgIpc) is 2.93.